The molecule has 2 saturated carbocycles. The van der Waals surface area contributed by atoms with Crippen molar-refractivity contribution in [2.24, 2.45) is 5.92 Å². The van der Waals surface area contributed by atoms with Crippen molar-refractivity contribution in [3.05, 3.63) is 53.7 Å². The molecular formula is C29H39N5O3. The van der Waals surface area contributed by atoms with Gasteiger partial charge in [0, 0.05) is 24.7 Å². The summed E-state index contributed by atoms with van der Waals surface area (Å²) in [5.41, 5.74) is 1.70. The third kappa shape index (κ3) is 4.96. The molecule has 0 unspecified atom stereocenters. The van der Waals surface area contributed by atoms with Gasteiger partial charge in [0.05, 0.1) is 31.3 Å². The van der Waals surface area contributed by atoms with Gasteiger partial charge in [-0.05, 0) is 70.2 Å². The first kappa shape index (κ1) is 25.6. The summed E-state index contributed by atoms with van der Waals surface area (Å²) in [7, 11) is 5.88. The Kier molecular flexibility index (Phi) is 7.21. The van der Waals surface area contributed by atoms with E-state index in [1.54, 1.807) is 17.0 Å². The summed E-state index contributed by atoms with van der Waals surface area (Å²) in [6.07, 6.45) is 7.65. The molecule has 0 N–H and O–H groups in total. The van der Waals surface area contributed by atoms with Crippen molar-refractivity contribution in [3.8, 4) is 5.88 Å². The number of nitrogens with zero attached hydrogens (tertiary/aromatic N) is 5. The number of rotatable bonds is 9. The fraction of sp³-hybridized carbons (Fsp3) is 0.586. The number of hydrogen-bond acceptors (Lipinski definition) is 6. The van der Waals surface area contributed by atoms with Crippen LogP contribution < -0.4 is 4.74 Å². The van der Waals surface area contributed by atoms with Crippen LogP contribution in [-0.4, -0.2) is 83.1 Å². The van der Waals surface area contributed by atoms with Crippen LogP contribution in [0.3, 0.4) is 0 Å². The second kappa shape index (κ2) is 10.4. The van der Waals surface area contributed by atoms with Crippen LogP contribution in [0.1, 0.15) is 56.2 Å². The van der Waals surface area contributed by atoms with Crippen molar-refractivity contribution in [1.29, 1.82) is 0 Å². The Balaban J connectivity index is 1.32. The highest BCUT2D eigenvalue weighted by molar-refractivity contribution is 5.88. The molecule has 5 rings (SSSR count). The Labute approximate surface area is 220 Å². The molecule has 2 heterocycles. The van der Waals surface area contributed by atoms with E-state index in [2.05, 4.69) is 64.4 Å². The highest BCUT2D eigenvalue weighted by Gasteiger charge is 2.55. The maximum absolute atomic E-state index is 13.7. The molecule has 2 aliphatic carbocycles. The Hall–Kier alpha value is -3.00. The van der Waals surface area contributed by atoms with Crippen LogP contribution in [0.2, 0.25) is 0 Å². The fourth-order valence-electron chi connectivity index (χ4n) is 6.53. The monoisotopic (exact) mass is 505 g/mol. The Morgan fingerprint density at radius 1 is 1.05 bits per heavy atom. The topological polar surface area (TPSA) is 78.9 Å². The van der Waals surface area contributed by atoms with E-state index in [1.807, 2.05) is 0 Å². The lowest BCUT2D eigenvalue weighted by molar-refractivity contribution is -0.119. The summed E-state index contributed by atoms with van der Waals surface area (Å²) in [4.78, 5) is 33.0. The van der Waals surface area contributed by atoms with Crippen molar-refractivity contribution < 1.29 is 14.3 Å². The lowest BCUT2D eigenvalue weighted by atomic mass is 9.68. The summed E-state index contributed by atoms with van der Waals surface area (Å²) in [6, 6.07) is 14.3. The summed E-state index contributed by atoms with van der Waals surface area (Å²) < 4.78 is 5.05. The molecule has 198 valence electrons. The second-order valence-electron chi connectivity index (χ2n) is 11.3. The number of aromatic nitrogens is 2. The predicted octanol–water partition coefficient (Wildman–Crippen LogP) is 3.90. The Morgan fingerprint density at radius 2 is 1.78 bits per heavy atom. The number of carbonyl (C=O) groups excluding carboxylic acids is 2. The van der Waals surface area contributed by atoms with Crippen LogP contribution in [0.4, 0.5) is 4.79 Å². The lowest BCUT2D eigenvalue weighted by Crippen LogP contribution is -2.56. The van der Waals surface area contributed by atoms with Crippen molar-refractivity contribution in [2.45, 2.75) is 62.4 Å². The summed E-state index contributed by atoms with van der Waals surface area (Å²) in [5.74, 6) is 0.984. The van der Waals surface area contributed by atoms with Gasteiger partial charge in [0.2, 0.25) is 5.88 Å². The molecule has 0 atom stereocenters. The van der Waals surface area contributed by atoms with Crippen molar-refractivity contribution in [3.63, 3.8) is 0 Å². The largest absolute Gasteiger partial charge is 0.480 e. The number of Topliss-reactive ketones (excluding diaryl/α,β-unsaturated/α-hetero) is 1. The van der Waals surface area contributed by atoms with E-state index < -0.39 is 0 Å². The maximum atomic E-state index is 13.7. The molecule has 8 nitrogen and oxygen atoms in total. The minimum absolute atomic E-state index is 0.0174. The average Bonchev–Trinajstić information content (AvgIpc) is 3.12. The molecule has 1 spiro atoms. The van der Waals surface area contributed by atoms with Gasteiger partial charge in [-0.1, -0.05) is 36.8 Å². The molecule has 0 bridgehead atoms. The highest BCUT2D eigenvalue weighted by atomic mass is 16.5. The van der Waals surface area contributed by atoms with E-state index in [1.165, 1.54) is 31.9 Å². The summed E-state index contributed by atoms with van der Waals surface area (Å²) in [5, 5.41) is 8.05. The molecule has 1 aliphatic heterocycles. The smallest absolute Gasteiger partial charge is 0.321 e. The van der Waals surface area contributed by atoms with Crippen LogP contribution in [-0.2, 0) is 16.8 Å². The molecule has 8 heteroatoms. The third-order valence-corrected chi connectivity index (χ3v) is 9.05. The van der Waals surface area contributed by atoms with Gasteiger partial charge in [-0.2, -0.15) is 5.10 Å². The standard InChI is InChI=1S/C29H39N5O3/c1-32(2)29(23-10-5-4-6-11-23)16-14-28(15-17-29)21-33(27(36)34(28)19-22-8-7-9-22)20-25(35)18-24-12-13-26(37-3)31-30-24/h4-6,10-13,22H,7-9,14-21H2,1-3H3. The van der Waals surface area contributed by atoms with Crippen LogP contribution in [0.25, 0.3) is 0 Å². The van der Waals surface area contributed by atoms with Gasteiger partial charge in [-0.25, -0.2) is 4.79 Å². The van der Waals surface area contributed by atoms with Crippen molar-refractivity contribution in [2.75, 3.05) is 40.8 Å². The fourth-order valence-corrected chi connectivity index (χ4v) is 6.53. The minimum Gasteiger partial charge on any atom is -0.480 e. The number of ether oxygens (including phenoxy) is 1. The van der Waals surface area contributed by atoms with Crippen molar-refractivity contribution in [1.82, 2.24) is 24.9 Å². The van der Waals surface area contributed by atoms with E-state index in [-0.39, 0.29) is 35.9 Å². The third-order valence-electron chi connectivity index (χ3n) is 9.05. The molecule has 3 fully saturated rings. The van der Waals surface area contributed by atoms with Crippen LogP contribution >= 0.6 is 0 Å². The zero-order chi connectivity index (χ0) is 26.0. The van der Waals surface area contributed by atoms with E-state index in [0.29, 0.717) is 24.0 Å². The average molecular weight is 506 g/mol. The number of hydrogen-bond donors (Lipinski definition) is 0. The van der Waals surface area contributed by atoms with Crippen LogP contribution in [0, 0.1) is 5.92 Å². The highest BCUT2D eigenvalue weighted by Crippen LogP contribution is 2.49. The molecule has 1 saturated heterocycles. The summed E-state index contributed by atoms with van der Waals surface area (Å²) >= 11 is 0. The molecule has 2 aromatic rings. The number of methoxy groups -OCH3 is 1. The van der Waals surface area contributed by atoms with Gasteiger partial charge in [0.25, 0.3) is 0 Å². The maximum Gasteiger partial charge on any atom is 0.321 e. The molecular weight excluding hydrogens is 466 g/mol. The minimum atomic E-state index is -0.207. The number of carbonyl (C=O) groups is 2. The number of amides is 2. The van der Waals surface area contributed by atoms with Crippen LogP contribution in [0.5, 0.6) is 5.88 Å². The first-order chi connectivity index (χ1) is 17.8. The Bertz CT molecular complexity index is 1090. The number of urea groups is 1. The zero-order valence-corrected chi connectivity index (χ0v) is 22.4. The second-order valence-corrected chi connectivity index (χ2v) is 11.3. The lowest BCUT2D eigenvalue weighted by Gasteiger charge is -2.51. The van der Waals surface area contributed by atoms with Gasteiger partial charge in [0.15, 0.2) is 5.78 Å². The van der Waals surface area contributed by atoms with E-state index >= 15 is 0 Å². The van der Waals surface area contributed by atoms with E-state index in [9.17, 15) is 9.59 Å². The molecule has 0 radical (unpaired) electrons. The molecule has 3 aliphatic rings. The molecule has 1 aromatic carbocycles. The van der Waals surface area contributed by atoms with Gasteiger partial charge in [-0.3, -0.25) is 9.69 Å². The molecule has 37 heavy (non-hydrogen) atoms. The van der Waals surface area contributed by atoms with E-state index in [0.717, 1.165) is 32.2 Å². The molecule has 2 amide bonds. The first-order valence-electron chi connectivity index (χ1n) is 13.5. The predicted molar refractivity (Wildman–Crippen MR) is 141 cm³/mol. The first-order valence-corrected chi connectivity index (χ1v) is 13.5. The number of benzene rings is 1. The zero-order valence-electron chi connectivity index (χ0n) is 22.4. The van der Waals surface area contributed by atoms with Gasteiger partial charge in [0.1, 0.15) is 0 Å². The normalized spacial score (nSPS) is 26.1. The van der Waals surface area contributed by atoms with E-state index in [4.69, 9.17) is 4.74 Å². The van der Waals surface area contributed by atoms with Gasteiger partial charge < -0.3 is 14.5 Å². The van der Waals surface area contributed by atoms with Gasteiger partial charge in [-0.15, -0.1) is 5.10 Å². The van der Waals surface area contributed by atoms with Crippen molar-refractivity contribution >= 4 is 11.8 Å². The molecule has 1 aromatic heterocycles. The number of ketones is 1. The van der Waals surface area contributed by atoms with Gasteiger partial charge >= 0.3 is 6.03 Å². The van der Waals surface area contributed by atoms with Crippen LogP contribution in [0.15, 0.2) is 42.5 Å². The quantitative estimate of drug-likeness (QED) is 0.514. The Morgan fingerprint density at radius 3 is 2.35 bits per heavy atom. The SMILES string of the molecule is COc1ccc(CC(=O)CN2CC3(CCC(c4ccccc4)(N(C)C)CC3)N(CC3CCC3)C2=O)nn1. The summed E-state index contributed by atoms with van der Waals surface area (Å²) in [6.45, 7) is 1.55.